The Hall–Kier alpha value is -2.55. The Labute approximate surface area is 194 Å². The lowest BCUT2D eigenvalue weighted by Gasteiger charge is -2.30. The van der Waals surface area contributed by atoms with Gasteiger partial charge in [-0.3, -0.25) is 4.79 Å². The molecule has 32 heavy (non-hydrogen) atoms. The highest BCUT2D eigenvalue weighted by Crippen LogP contribution is 2.40. The number of amides is 1. The Morgan fingerprint density at radius 1 is 1.22 bits per heavy atom. The lowest BCUT2D eigenvalue weighted by Crippen LogP contribution is -2.32. The van der Waals surface area contributed by atoms with Crippen molar-refractivity contribution in [3.8, 4) is 0 Å². The molecule has 4 heterocycles. The van der Waals surface area contributed by atoms with E-state index in [9.17, 15) is 4.79 Å². The Morgan fingerprint density at radius 2 is 2.00 bits per heavy atom. The number of hydrogen-bond donors (Lipinski definition) is 1. The van der Waals surface area contributed by atoms with E-state index in [0.29, 0.717) is 12.4 Å². The van der Waals surface area contributed by atoms with E-state index in [1.165, 1.54) is 11.8 Å². The van der Waals surface area contributed by atoms with Gasteiger partial charge < -0.3 is 10.1 Å². The van der Waals surface area contributed by atoms with Crippen LogP contribution >= 0.6 is 23.1 Å². The van der Waals surface area contributed by atoms with Crippen LogP contribution in [0.2, 0.25) is 0 Å². The number of thiophene rings is 1. The van der Waals surface area contributed by atoms with E-state index in [1.807, 2.05) is 44.2 Å². The number of pyridine rings is 1. The molecule has 1 aliphatic rings. The van der Waals surface area contributed by atoms with Crippen molar-refractivity contribution in [2.45, 2.75) is 56.6 Å². The van der Waals surface area contributed by atoms with Crippen molar-refractivity contribution in [2.24, 2.45) is 0 Å². The fraction of sp³-hybridized carbons (Fsp3) is 0.333. The number of aromatic nitrogens is 3. The van der Waals surface area contributed by atoms with Gasteiger partial charge in [0.15, 0.2) is 0 Å². The number of ether oxygens (including phenoxy) is 1. The van der Waals surface area contributed by atoms with E-state index in [-0.39, 0.29) is 16.8 Å². The van der Waals surface area contributed by atoms with Crippen LogP contribution in [0, 0.1) is 6.92 Å². The van der Waals surface area contributed by atoms with Crippen molar-refractivity contribution >= 4 is 55.1 Å². The number of carbonyl (C=O) groups is 1. The van der Waals surface area contributed by atoms with E-state index < -0.39 is 0 Å². The molecule has 0 spiro atoms. The summed E-state index contributed by atoms with van der Waals surface area (Å²) >= 11 is 3.05. The number of carbonyl (C=O) groups excluding carboxylic acids is 1. The predicted octanol–water partition coefficient (Wildman–Crippen LogP) is 5.52. The lowest BCUT2D eigenvalue weighted by atomic mass is 9.95. The summed E-state index contributed by atoms with van der Waals surface area (Å²) in [6.07, 6.45) is 0.787. The second kappa shape index (κ2) is 8.10. The molecule has 1 aromatic carbocycles. The van der Waals surface area contributed by atoms with Gasteiger partial charge in [0.05, 0.1) is 33.4 Å². The number of anilines is 1. The Bertz CT molecular complexity index is 1330. The average molecular weight is 465 g/mol. The molecule has 6 nitrogen and oxygen atoms in total. The molecule has 8 heteroatoms. The number of fused-ring (bicyclic) bond motifs is 4. The van der Waals surface area contributed by atoms with Crippen molar-refractivity contribution in [2.75, 3.05) is 5.32 Å². The zero-order valence-corrected chi connectivity index (χ0v) is 20.1. The first-order valence-corrected chi connectivity index (χ1v) is 12.2. The highest BCUT2D eigenvalue weighted by Gasteiger charge is 2.28. The van der Waals surface area contributed by atoms with Gasteiger partial charge in [0, 0.05) is 23.1 Å². The summed E-state index contributed by atoms with van der Waals surface area (Å²) in [5, 5.41) is 4.51. The molecule has 0 fully saturated rings. The number of nitrogens with one attached hydrogen (secondary N) is 1. The maximum absolute atomic E-state index is 12.7. The number of nitrogens with zero attached hydrogens (tertiary/aromatic N) is 3. The summed E-state index contributed by atoms with van der Waals surface area (Å²) in [5.41, 5.74) is 3.70. The first-order valence-electron chi connectivity index (χ1n) is 10.6. The molecule has 1 atom stereocenters. The van der Waals surface area contributed by atoms with Gasteiger partial charge >= 0.3 is 0 Å². The fourth-order valence-electron chi connectivity index (χ4n) is 3.80. The molecule has 4 aromatic rings. The Morgan fingerprint density at radius 3 is 2.78 bits per heavy atom. The number of thioether (sulfide) groups is 1. The van der Waals surface area contributed by atoms with Crippen molar-refractivity contribution in [3.63, 3.8) is 0 Å². The number of benzene rings is 1. The molecule has 0 saturated carbocycles. The van der Waals surface area contributed by atoms with Crippen LogP contribution < -0.4 is 5.32 Å². The minimum Gasteiger partial charge on any atom is -0.370 e. The summed E-state index contributed by atoms with van der Waals surface area (Å²) in [4.78, 5) is 28.1. The van der Waals surface area contributed by atoms with Crippen LogP contribution in [0.3, 0.4) is 0 Å². The van der Waals surface area contributed by atoms with Gasteiger partial charge in [-0.1, -0.05) is 30.0 Å². The minimum atomic E-state index is -0.312. The number of hydrogen-bond acceptors (Lipinski definition) is 7. The highest BCUT2D eigenvalue weighted by atomic mass is 32.2. The molecule has 0 aliphatic carbocycles. The molecular formula is C24H24N4O2S2. The molecule has 164 valence electrons. The number of aryl methyl sites for hydroxylation is 1. The fourth-order valence-corrected chi connectivity index (χ4v) is 5.96. The van der Waals surface area contributed by atoms with Crippen LogP contribution in [-0.4, -0.2) is 31.7 Å². The molecule has 1 amide bonds. The van der Waals surface area contributed by atoms with Gasteiger partial charge in [0.2, 0.25) is 5.91 Å². The molecular weight excluding hydrogens is 440 g/mol. The van der Waals surface area contributed by atoms with E-state index >= 15 is 0 Å². The summed E-state index contributed by atoms with van der Waals surface area (Å²) in [7, 11) is 0. The van der Waals surface area contributed by atoms with Gasteiger partial charge in [0.25, 0.3) is 0 Å². The zero-order valence-electron chi connectivity index (χ0n) is 18.4. The summed E-state index contributed by atoms with van der Waals surface area (Å²) in [5.74, 6) is 0.630. The van der Waals surface area contributed by atoms with Gasteiger partial charge in [-0.15, -0.1) is 11.3 Å². The summed E-state index contributed by atoms with van der Waals surface area (Å²) in [6, 6.07) is 11.7. The molecule has 0 saturated heterocycles. The Balaban J connectivity index is 1.50. The largest absolute Gasteiger partial charge is 0.370 e. The monoisotopic (exact) mass is 464 g/mol. The van der Waals surface area contributed by atoms with Gasteiger partial charge in [0.1, 0.15) is 15.7 Å². The van der Waals surface area contributed by atoms with Crippen molar-refractivity contribution < 1.29 is 9.53 Å². The van der Waals surface area contributed by atoms with Crippen molar-refractivity contribution in [1.29, 1.82) is 0 Å². The summed E-state index contributed by atoms with van der Waals surface area (Å²) < 4.78 is 6.96. The second-order valence-electron chi connectivity index (χ2n) is 8.64. The van der Waals surface area contributed by atoms with E-state index in [4.69, 9.17) is 14.7 Å². The van der Waals surface area contributed by atoms with Gasteiger partial charge in [-0.05, 0) is 45.9 Å². The normalized spacial score (nSPS) is 16.1. The van der Waals surface area contributed by atoms with E-state index in [0.717, 1.165) is 48.8 Å². The second-order valence-corrected chi connectivity index (χ2v) is 11.0. The first kappa shape index (κ1) is 21.3. The summed E-state index contributed by atoms with van der Waals surface area (Å²) in [6.45, 7) is 8.54. The third-order valence-corrected chi connectivity index (χ3v) is 7.78. The molecule has 3 aromatic heterocycles. The molecule has 1 aliphatic heterocycles. The third-order valence-electron chi connectivity index (χ3n) is 5.47. The van der Waals surface area contributed by atoms with Crippen molar-refractivity contribution in [3.05, 3.63) is 53.5 Å². The maximum atomic E-state index is 12.7. The van der Waals surface area contributed by atoms with Crippen molar-refractivity contribution in [1.82, 2.24) is 15.0 Å². The molecule has 0 bridgehead atoms. The molecule has 1 N–H and O–H groups in total. The molecule has 5 rings (SSSR count). The predicted molar refractivity (Wildman–Crippen MR) is 130 cm³/mol. The smallest absolute Gasteiger partial charge is 0.237 e. The van der Waals surface area contributed by atoms with Crippen LogP contribution in [0.5, 0.6) is 0 Å². The maximum Gasteiger partial charge on any atom is 0.237 e. The van der Waals surface area contributed by atoms with Crippen LogP contribution in [0.4, 0.5) is 5.69 Å². The third kappa shape index (κ3) is 4.10. The SMILES string of the molecule is Cc1nc(S[C@H](C)C(=O)Nc2ccccc2)c2sc3nc4c(cc3c2n1)COC(C)(C)C4. The number of rotatable bonds is 4. The van der Waals surface area contributed by atoms with Crippen LogP contribution in [0.25, 0.3) is 20.4 Å². The highest BCUT2D eigenvalue weighted by molar-refractivity contribution is 8.00. The lowest BCUT2D eigenvalue weighted by molar-refractivity contribution is -0.115. The van der Waals surface area contributed by atoms with E-state index in [2.05, 4.69) is 30.2 Å². The van der Waals surface area contributed by atoms with Gasteiger partial charge in [-0.25, -0.2) is 15.0 Å². The quantitative estimate of drug-likeness (QED) is 0.317. The first-order chi connectivity index (χ1) is 15.3. The topological polar surface area (TPSA) is 77.0 Å². The van der Waals surface area contributed by atoms with Crippen LogP contribution in [0.15, 0.2) is 41.4 Å². The van der Waals surface area contributed by atoms with Crippen LogP contribution in [-0.2, 0) is 22.6 Å². The van der Waals surface area contributed by atoms with Gasteiger partial charge in [-0.2, -0.15) is 0 Å². The Kier molecular flexibility index (Phi) is 5.39. The number of para-hydroxylation sites is 1. The average Bonchev–Trinajstić information content (AvgIpc) is 3.09. The van der Waals surface area contributed by atoms with Crippen LogP contribution in [0.1, 0.15) is 37.9 Å². The van der Waals surface area contributed by atoms with E-state index in [1.54, 1.807) is 11.3 Å². The minimum absolute atomic E-state index is 0.0558. The molecule has 0 unspecified atom stereocenters. The standard InChI is InChI=1S/C24H24N4O2S2/c1-13(21(29)27-16-8-6-5-7-9-16)31-23-20-19(25-14(2)26-23)17-10-15-12-30-24(3,4)11-18(15)28-22(17)32-20/h5-10,13H,11-12H2,1-4H3,(H,27,29)/t13-/m1/s1. The zero-order chi connectivity index (χ0) is 22.5. The molecule has 0 radical (unpaired) electrons.